The molecule has 3 heterocycles. The number of carbonyl (C=O) groups excluding carboxylic acids is 1. The molecule has 0 aliphatic carbocycles. The number of fused-ring (bicyclic) bond motifs is 1. The van der Waals surface area contributed by atoms with Gasteiger partial charge in [0.2, 0.25) is 0 Å². The van der Waals surface area contributed by atoms with Gasteiger partial charge in [0.05, 0.1) is 5.69 Å². The molecule has 5 rings (SSSR count). The first-order valence-electron chi connectivity index (χ1n) is 12.6. The van der Waals surface area contributed by atoms with E-state index in [1.165, 1.54) is 23.3 Å². The highest BCUT2D eigenvalue weighted by Gasteiger charge is 2.41. The van der Waals surface area contributed by atoms with Gasteiger partial charge in [0.25, 0.3) is 0 Å². The van der Waals surface area contributed by atoms with Crippen molar-refractivity contribution in [2.24, 2.45) is 0 Å². The predicted molar refractivity (Wildman–Crippen MR) is 144 cm³/mol. The Morgan fingerprint density at radius 2 is 1.77 bits per heavy atom. The molecule has 0 radical (unpaired) electrons. The number of ether oxygens (including phenoxy) is 1. The van der Waals surface area contributed by atoms with E-state index in [4.69, 9.17) is 5.73 Å². The van der Waals surface area contributed by atoms with Crippen molar-refractivity contribution in [1.82, 2.24) is 19.6 Å². The van der Waals surface area contributed by atoms with Crippen LogP contribution in [-0.2, 0) is 17.8 Å². The highest BCUT2D eigenvalue weighted by atomic mass is 19.4. The summed E-state index contributed by atoms with van der Waals surface area (Å²) in [6.07, 6.45) is 3.06. The lowest BCUT2D eigenvalue weighted by Gasteiger charge is -2.27. The van der Waals surface area contributed by atoms with Crippen LogP contribution in [0.3, 0.4) is 0 Å². The van der Waals surface area contributed by atoms with E-state index in [0.717, 1.165) is 44.7 Å². The first kappa shape index (κ1) is 26.5. The number of anilines is 1. The molecule has 0 bridgehead atoms. The molecule has 0 spiro atoms. The molecule has 2 aromatic carbocycles. The Morgan fingerprint density at radius 1 is 1.05 bits per heavy atom. The van der Waals surface area contributed by atoms with E-state index >= 15 is 0 Å². The average Bonchev–Trinajstić information content (AvgIpc) is 3.32. The van der Waals surface area contributed by atoms with Crippen LogP contribution in [0.2, 0.25) is 0 Å². The van der Waals surface area contributed by atoms with Crippen molar-refractivity contribution in [2.45, 2.75) is 19.1 Å². The Balaban J connectivity index is 1.29. The van der Waals surface area contributed by atoms with Gasteiger partial charge in [0.15, 0.2) is 0 Å². The molecule has 202 valence electrons. The minimum Gasteiger partial charge on any atom is -0.419 e. The summed E-state index contributed by atoms with van der Waals surface area (Å²) in [6, 6.07) is 16.3. The lowest BCUT2D eigenvalue weighted by molar-refractivity contribution is -0.189. The minimum absolute atomic E-state index is 0.227. The van der Waals surface area contributed by atoms with E-state index in [2.05, 4.69) is 44.2 Å². The summed E-state index contributed by atoms with van der Waals surface area (Å²) < 4.78 is 44.5. The first-order valence-corrected chi connectivity index (χ1v) is 12.6. The van der Waals surface area contributed by atoms with Crippen LogP contribution < -0.4 is 15.8 Å². The van der Waals surface area contributed by atoms with Crippen molar-refractivity contribution in [1.29, 1.82) is 0 Å². The molecule has 0 atom stereocenters. The molecule has 4 aromatic rings. The molecule has 10 heteroatoms. The largest absolute Gasteiger partial charge is 0.491 e. The summed E-state index contributed by atoms with van der Waals surface area (Å²) in [5.74, 6) is -2.51. The summed E-state index contributed by atoms with van der Waals surface area (Å²) in [4.78, 5) is 18.3. The standard InChI is InChI=1S/C29H28F3N5O2/c30-29(31,32)28(38)39-26-7-2-1-6-23(26)25-19-37-18-22(24(33)16-27(37)35-25)5-3-4-20-8-10-21(11-9-20)17-36-14-12-34-13-15-36/h1-3,5-11,16,18-19,34H,4,12-15,17,33H2/b5-3+. The second kappa shape index (κ2) is 11.3. The number of nitrogen functional groups attached to an aromatic ring is 1. The van der Waals surface area contributed by atoms with Gasteiger partial charge in [-0.1, -0.05) is 48.6 Å². The van der Waals surface area contributed by atoms with Crippen LogP contribution >= 0.6 is 0 Å². The predicted octanol–water partition coefficient (Wildman–Crippen LogP) is 4.71. The maximum absolute atomic E-state index is 12.7. The fraction of sp³-hybridized carbons (Fsp3) is 0.241. The maximum atomic E-state index is 12.7. The number of pyridine rings is 1. The van der Waals surface area contributed by atoms with Gasteiger partial charge in [0, 0.05) is 68.0 Å². The Kier molecular flexibility index (Phi) is 7.67. The summed E-state index contributed by atoms with van der Waals surface area (Å²) in [5.41, 5.74) is 11.1. The van der Waals surface area contributed by atoms with E-state index in [1.807, 2.05) is 12.2 Å². The Bertz CT molecular complexity index is 1490. The number of hydrogen-bond donors (Lipinski definition) is 2. The second-order valence-electron chi connectivity index (χ2n) is 9.41. The molecule has 1 aliphatic rings. The highest BCUT2D eigenvalue weighted by Crippen LogP contribution is 2.32. The third kappa shape index (κ3) is 6.47. The van der Waals surface area contributed by atoms with Crippen LogP contribution in [0.15, 0.2) is 73.1 Å². The lowest BCUT2D eigenvalue weighted by Crippen LogP contribution is -2.42. The van der Waals surface area contributed by atoms with Crippen LogP contribution in [0.4, 0.5) is 18.9 Å². The zero-order chi connectivity index (χ0) is 27.4. The van der Waals surface area contributed by atoms with Gasteiger partial charge in [-0.05, 0) is 29.7 Å². The minimum atomic E-state index is -5.10. The number of alkyl halides is 3. The number of benzene rings is 2. The number of para-hydroxylation sites is 1. The van der Waals surface area contributed by atoms with Gasteiger partial charge in [-0.25, -0.2) is 9.78 Å². The van der Waals surface area contributed by atoms with Gasteiger partial charge in [-0.3, -0.25) is 4.90 Å². The molecule has 39 heavy (non-hydrogen) atoms. The topological polar surface area (TPSA) is 84.9 Å². The van der Waals surface area contributed by atoms with Crippen molar-refractivity contribution in [3.8, 4) is 17.0 Å². The number of nitrogens with one attached hydrogen (secondary N) is 1. The fourth-order valence-electron chi connectivity index (χ4n) is 4.49. The van der Waals surface area contributed by atoms with Crippen LogP contribution in [0.5, 0.6) is 5.75 Å². The normalized spacial score (nSPS) is 14.7. The van der Waals surface area contributed by atoms with Crippen molar-refractivity contribution >= 4 is 23.4 Å². The number of nitrogens with zero attached hydrogens (tertiary/aromatic N) is 3. The van der Waals surface area contributed by atoms with Crippen LogP contribution in [0.1, 0.15) is 16.7 Å². The molecule has 1 aliphatic heterocycles. The summed E-state index contributed by atoms with van der Waals surface area (Å²) in [7, 11) is 0. The van der Waals surface area contributed by atoms with E-state index in [0.29, 0.717) is 17.0 Å². The van der Waals surface area contributed by atoms with E-state index < -0.39 is 12.1 Å². The Hall–Kier alpha value is -4.15. The SMILES string of the molecule is Nc1cc2nc(-c3ccccc3OC(=O)C(F)(F)F)cn2cc1/C=C/Cc1ccc(CN2CCNCC2)cc1. The summed E-state index contributed by atoms with van der Waals surface area (Å²) in [6.45, 7) is 5.14. The van der Waals surface area contributed by atoms with Gasteiger partial charge in [-0.15, -0.1) is 0 Å². The molecule has 3 N–H and O–H groups in total. The van der Waals surface area contributed by atoms with Crippen LogP contribution in [-0.4, -0.2) is 52.6 Å². The fourth-order valence-corrected chi connectivity index (χ4v) is 4.49. The van der Waals surface area contributed by atoms with Crippen LogP contribution in [0, 0.1) is 0 Å². The molecular weight excluding hydrogens is 507 g/mol. The number of esters is 1. The number of allylic oxidation sites excluding steroid dienone is 1. The van der Waals surface area contributed by atoms with E-state index in [-0.39, 0.29) is 11.3 Å². The summed E-state index contributed by atoms with van der Waals surface area (Å²) >= 11 is 0. The Labute approximate surface area is 223 Å². The number of hydrogen-bond acceptors (Lipinski definition) is 6. The van der Waals surface area contributed by atoms with Gasteiger partial charge in [-0.2, -0.15) is 13.2 Å². The molecule has 1 fully saturated rings. The number of halogens is 3. The van der Waals surface area contributed by atoms with Crippen molar-refractivity contribution < 1.29 is 22.7 Å². The maximum Gasteiger partial charge on any atom is 0.491 e. The molecule has 1 saturated heterocycles. The average molecular weight is 536 g/mol. The van der Waals surface area contributed by atoms with Gasteiger partial charge < -0.3 is 20.2 Å². The summed E-state index contributed by atoms with van der Waals surface area (Å²) in [5, 5.41) is 3.37. The van der Waals surface area contributed by atoms with Crippen molar-refractivity contribution in [3.63, 3.8) is 0 Å². The number of aromatic nitrogens is 2. The second-order valence-corrected chi connectivity index (χ2v) is 9.41. The number of carbonyl (C=O) groups is 1. The lowest BCUT2D eigenvalue weighted by atomic mass is 10.1. The van der Waals surface area contributed by atoms with Gasteiger partial charge >= 0.3 is 12.1 Å². The zero-order valence-corrected chi connectivity index (χ0v) is 21.1. The van der Waals surface area contributed by atoms with E-state index in [9.17, 15) is 18.0 Å². The third-order valence-electron chi connectivity index (χ3n) is 6.54. The van der Waals surface area contributed by atoms with Gasteiger partial charge in [0.1, 0.15) is 11.4 Å². The molecule has 0 amide bonds. The number of imidazole rings is 1. The van der Waals surface area contributed by atoms with Crippen molar-refractivity contribution in [3.05, 3.63) is 89.8 Å². The molecular formula is C29H28F3N5O2. The molecule has 7 nitrogen and oxygen atoms in total. The van der Waals surface area contributed by atoms with Crippen molar-refractivity contribution in [2.75, 3.05) is 31.9 Å². The Morgan fingerprint density at radius 3 is 2.51 bits per heavy atom. The zero-order valence-electron chi connectivity index (χ0n) is 21.1. The molecule has 2 aromatic heterocycles. The quantitative estimate of drug-likeness (QED) is 0.263. The van der Waals surface area contributed by atoms with E-state index in [1.54, 1.807) is 35.0 Å². The molecule has 0 saturated carbocycles. The first-order chi connectivity index (χ1) is 18.8. The monoisotopic (exact) mass is 535 g/mol. The number of piperazine rings is 1. The number of nitrogens with two attached hydrogens (primary N) is 1. The third-order valence-corrected chi connectivity index (χ3v) is 6.54. The number of rotatable bonds is 7. The molecule has 0 unspecified atom stereocenters. The highest BCUT2D eigenvalue weighted by molar-refractivity contribution is 5.81. The smallest absolute Gasteiger partial charge is 0.419 e. The van der Waals surface area contributed by atoms with Crippen LogP contribution in [0.25, 0.3) is 23.0 Å².